The quantitative estimate of drug-likeness (QED) is 0.789. The Morgan fingerprint density at radius 3 is 2.83 bits per heavy atom. The van der Waals surface area contributed by atoms with Crippen LogP contribution in [0.2, 0.25) is 0 Å². The molecule has 2 aromatic heterocycles. The first kappa shape index (κ1) is 13.1. The molecule has 0 fully saturated rings. The number of sulfonamides is 1. The van der Waals surface area contributed by atoms with Gasteiger partial charge in [-0.3, -0.25) is 9.67 Å². The molecule has 2 aromatic rings. The number of thiazole rings is 1. The van der Waals surface area contributed by atoms with E-state index in [2.05, 4.69) is 15.3 Å². The van der Waals surface area contributed by atoms with E-state index in [1.54, 1.807) is 17.9 Å². The van der Waals surface area contributed by atoms with Crippen molar-refractivity contribution >= 4 is 21.4 Å². The molecule has 0 aliphatic heterocycles. The van der Waals surface area contributed by atoms with Gasteiger partial charge in [-0.2, -0.15) is 0 Å². The van der Waals surface area contributed by atoms with Crippen LogP contribution in [-0.4, -0.2) is 52.5 Å². The van der Waals surface area contributed by atoms with Crippen molar-refractivity contribution in [3.8, 4) is 10.6 Å². The third kappa shape index (κ3) is 2.92. The highest BCUT2D eigenvalue weighted by Crippen LogP contribution is 2.19. The second-order valence-electron chi connectivity index (χ2n) is 3.83. The minimum absolute atomic E-state index is 0.00545. The molecule has 2 rings (SSSR count). The van der Waals surface area contributed by atoms with Gasteiger partial charge >= 0.3 is 0 Å². The highest BCUT2D eigenvalue weighted by molar-refractivity contribution is 7.89. The largest absolute Gasteiger partial charge is 0.252 e. The number of hydrogen-bond donors (Lipinski definition) is 0. The Morgan fingerprint density at radius 1 is 1.44 bits per heavy atom. The van der Waals surface area contributed by atoms with E-state index in [9.17, 15) is 8.42 Å². The minimum Gasteiger partial charge on any atom is -0.252 e. The van der Waals surface area contributed by atoms with Crippen molar-refractivity contribution in [2.45, 2.75) is 6.54 Å². The zero-order valence-corrected chi connectivity index (χ0v) is 11.6. The lowest BCUT2D eigenvalue weighted by molar-refractivity contribution is 0.510. The van der Waals surface area contributed by atoms with E-state index in [0.29, 0.717) is 5.69 Å². The van der Waals surface area contributed by atoms with Crippen molar-refractivity contribution in [3.63, 3.8) is 0 Å². The summed E-state index contributed by atoms with van der Waals surface area (Å²) in [4.78, 5) is 4.87. The molecule has 18 heavy (non-hydrogen) atoms. The van der Waals surface area contributed by atoms with E-state index in [-0.39, 0.29) is 12.3 Å². The standard InChI is InChI=1S/C9H13N5O2S2/c1-13(2)18(15,16)4-3-14-6-8(11-12-14)9-5-10-7-17-9/h5-7H,3-4H2,1-2H3. The van der Waals surface area contributed by atoms with Gasteiger partial charge in [-0.05, 0) is 0 Å². The Morgan fingerprint density at radius 2 is 2.22 bits per heavy atom. The third-order valence-corrected chi connectivity index (χ3v) is 4.96. The van der Waals surface area contributed by atoms with E-state index in [0.717, 1.165) is 4.88 Å². The molecule has 0 amide bonds. The third-order valence-electron chi connectivity index (χ3n) is 2.36. The lowest BCUT2D eigenvalue weighted by Gasteiger charge is -2.10. The van der Waals surface area contributed by atoms with Crippen LogP contribution in [0.5, 0.6) is 0 Å². The van der Waals surface area contributed by atoms with Crippen molar-refractivity contribution in [1.29, 1.82) is 0 Å². The molecule has 98 valence electrons. The monoisotopic (exact) mass is 287 g/mol. The molecule has 7 nitrogen and oxygen atoms in total. The van der Waals surface area contributed by atoms with E-state index < -0.39 is 10.0 Å². The first-order valence-corrected chi connectivity index (χ1v) is 7.67. The number of aryl methyl sites for hydroxylation is 1. The minimum atomic E-state index is -3.21. The maximum absolute atomic E-state index is 11.6. The van der Waals surface area contributed by atoms with E-state index >= 15 is 0 Å². The van der Waals surface area contributed by atoms with Crippen LogP contribution >= 0.6 is 11.3 Å². The van der Waals surface area contributed by atoms with Crippen LogP contribution in [0, 0.1) is 0 Å². The van der Waals surface area contributed by atoms with Crippen molar-refractivity contribution in [3.05, 3.63) is 17.9 Å². The topological polar surface area (TPSA) is 81.0 Å². The Bertz CT molecular complexity index is 603. The first-order chi connectivity index (χ1) is 8.49. The van der Waals surface area contributed by atoms with Crippen LogP contribution in [-0.2, 0) is 16.6 Å². The molecule has 0 N–H and O–H groups in total. The maximum atomic E-state index is 11.6. The molecule has 9 heteroatoms. The highest BCUT2D eigenvalue weighted by atomic mass is 32.2. The Labute approximate surface area is 109 Å². The number of aromatic nitrogens is 4. The van der Waals surface area contributed by atoms with Crippen LogP contribution in [0.4, 0.5) is 0 Å². The fourth-order valence-electron chi connectivity index (χ4n) is 1.25. The van der Waals surface area contributed by atoms with E-state index in [4.69, 9.17) is 0 Å². The van der Waals surface area contributed by atoms with Gasteiger partial charge in [0.15, 0.2) is 0 Å². The van der Waals surface area contributed by atoms with Crippen molar-refractivity contribution in [1.82, 2.24) is 24.3 Å². The van der Waals surface area contributed by atoms with Gasteiger partial charge in [-0.25, -0.2) is 12.7 Å². The van der Waals surface area contributed by atoms with Gasteiger partial charge in [0, 0.05) is 20.3 Å². The van der Waals surface area contributed by atoms with Gasteiger partial charge in [-0.15, -0.1) is 16.4 Å². The second kappa shape index (κ2) is 5.12. The normalized spacial score (nSPS) is 12.2. The molecular formula is C9H13N5O2S2. The summed E-state index contributed by atoms with van der Waals surface area (Å²) in [6.07, 6.45) is 3.42. The summed E-state index contributed by atoms with van der Waals surface area (Å²) < 4.78 is 25.9. The average molecular weight is 287 g/mol. The fraction of sp³-hybridized carbons (Fsp3) is 0.444. The van der Waals surface area contributed by atoms with Crippen LogP contribution in [0.3, 0.4) is 0 Å². The fourth-order valence-corrected chi connectivity index (χ4v) is 2.61. The molecule has 0 unspecified atom stereocenters. The summed E-state index contributed by atoms with van der Waals surface area (Å²) in [6.45, 7) is 0.284. The number of nitrogens with zero attached hydrogens (tertiary/aromatic N) is 5. The summed E-state index contributed by atoms with van der Waals surface area (Å²) in [5, 5.41) is 7.88. The lowest BCUT2D eigenvalue weighted by atomic mass is 10.4. The molecule has 2 heterocycles. The predicted octanol–water partition coefficient (Wildman–Crippen LogP) is 0.293. The molecule has 0 atom stereocenters. The second-order valence-corrected chi connectivity index (χ2v) is 7.02. The van der Waals surface area contributed by atoms with Crippen molar-refractivity contribution < 1.29 is 8.42 Å². The zero-order valence-electron chi connectivity index (χ0n) is 10.0. The zero-order chi connectivity index (χ0) is 13.2. The number of hydrogen-bond acceptors (Lipinski definition) is 6. The lowest BCUT2D eigenvalue weighted by Crippen LogP contribution is -2.27. The van der Waals surface area contributed by atoms with Crippen LogP contribution in [0.1, 0.15) is 0 Å². The molecular weight excluding hydrogens is 274 g/mol. The van der Waals surface area contributed by atoms with Crippen LogP contribution in [0.25, 0.3) is 10.6 Å². The van der Waals surface area contributed by atoms with Gasteiger partial charge in [-0.1, -0.05) is 5.21 Å². The van der Waals surface area contributed by atoms with Gasteiger partial charge in [0.25, 0.3) is 0 Å². The van der Waals surface area contributed by atoms with E-state index in [1.807, 2.05) is 0 Å². The Hall–Kier alpha value is -1.32. The summed E-state index contributed by atoms with van der Waals surface area (Å²) in [7, 11) is -0.179. The van der Waals surface area contributed by atoms with Crippen molar-refractivity contribution in [2.24, 2.45) is 0 Å². The van der Waals surface area contributed by atoms with Gasteiger partial charge in [0.1, 0.15) is 5.69 Å². The predicted molar refractivity (Wildman–Crippen MR) is 68.6 cm³/mol. The molecule has 0 saturated carbocycles. The van der Waals surface area contributed by atoms with Crippen LogP contribution < -0.4 is 0 Å². The summed E-state index contributed by atoms with van der Waals surface area (Å²) >= 11 is 1.46. The van der Waals surface area contributed by atoms with Gasteiger partial charge in [0.2, 0.25) is 10.0 Å². The van der Waals surface area contributed by atoms with E-state index in [1.165, 1.54) is 34.4 Å². The average Bonchev–Trinajstić information content (AvgIpc) is 2.97. The summed E-state index contributed by atoms with van der Waals surface area (Å²) in [5.41, 5.74) is 2.42. The maximum Gasteiger partial charge on any atom is 0.215 e. The van der Waals surface area contributed by atoms with Gasteiger partial charge < -0.3 is 0 Å². The number of rotatable bonds is 5. The molecule has 0 spiro atoms. The Kier molecular flexibility index (Phi) is 3.73. The molecule has 0 radical (unpaired) electrons. The molecule has 0 aromatic carbocycles. The van der Waals surface area contributed by atoms with Crippen molar-refractivity contribution in [2.75, 3.05) is 19.8 Å². The SMILES string of the molecule is CN(C)S(=O)(=O)CCn1cc(-c2cncs2)nn1. The molecule has 0 saturated heterocycles. The molecule has 0 aliphatic rings. The molecule has 0 bridgehead atoms. The summed E-state index contributed by atoms with van der Waals surface area (Å²) in [6, 6.07) is 0. The summed E-state index contributed by atoms with van der Waals surface area (Å²) in [5.74, 6) is 0.00545. The smallest absolute Gasteiger partial charge is 0.215 e. The highest BCUT2D eigenvalue weighted by Gasteiger charge is 2.14. The van der Waals surface area contributed by atoms with Gasteiger partial charge in [0.05, 0.1) is 28.9 Å². The Balaban J connectivity index is 2.04. The van der Waals surface area contributed by atoms with Crippen LogP contribution in [0.15, 0.2) is 17.9 Å². The first-order valence-electron chi connectivity index (χ1n) is 5.18. The molecule has 0 aliphatic carbocycles.